The summed E-state index contributed by atoms with van der Waals surface area (Å²) in [5.41, 5.74) is 1.99. The lowest BCUT2D eigenvalue weighted by molar-refractivity contribution is -0.122. The number of amides is 1. The summed E-state index contributed by atoms with van der Waals surface area (Å²) >= 11 is 6.02. The smallest absolute Gasteiger partial charge is 0.265 e. The van der Waals surface area contributed by atoms with Crippen LogP contribution in [0.15, 0.2) is 48.5 Å². The normalized spacial score (nSPS) is 12.0. The van der Waals surface area contributed by atoms with E-state index in [1.807, 2.05) is 36.4 Å². The van der Waals surface area contributed by atoms with E-state index in [2.05, 4.69) is 19.2 Å². The van der Waals surface area contributed by atoms with Gasteiger partial charge < -0.3 is 10.1 Å². The molecule has 2 aromatic carbocycles. The summed E-state index contributed by atoms with van der Waals surface area (Å²) in [5.74, 6) is 0.756. The highest BCUT2D eigenvalue weighted by Crippen LogP contribution is 2.24. The van der Waals surface area contributed by atoms with Crippen LogP contribution in [-0.4, -0.2) is 12.0 Å². The molecule has 1 atom stereocenters. The molecule has 0 saturated heterocycles. The van der Waals surface area contributed by atoms with E-state index in [1.54, 1.807) is 19.1 Å². The van der Waals surface area contributed by atoms with Crippen LogP contribution in [0.25, 0.3) is 0 Å². The number of rotatable bonds is 5. The van der Waals surface area contributed by atoms with Crippen molar-refractivity contribution in [3.8, 4) is 5.75 Å². The fraction of sp³-hybridized carbons (Fsp3) is 0.278. The maximum absolute atomic E-state index is 12.2. The molecule has 0 bridgehead atoms. The molecular weight excluding hydrogens is 298 g/mol. The lowest BCUT2D eigenvalue weighted by Gasteiger charge is -2.16. The fourth-order valence-corrected chi connectivity index (χ4v) is 2.16. The number of halogens is 1. The molecule has 4 heteroatoms. The standard InChI is InChI=1S/C18H20ClNO2/c1-12(2)14-8-10-15(11-9-14)20-18(21)13(3)22-17-7-5-4-6-16(17)19/h4-13H,1-3H3,(H,20,21). The van der Waals surface area contributed by atoms with Gasteiger partial charge in [-0.15, -0.1) is 0 Å². The van der Waals surface area contributed by atoms with Crippen LogP contribution in [0.3, 0.4) is 0 Å². The van der Waals surface area contributed by atoms with E-state index in [4.69, 9.17) is 16.3 Å². The van der Waals surface area contributed by atoms with Gasteiger partial charge in [0, 0.05) is 5.69 Å². The monoisotopic (exact) mass is 317 g/mol. The van der Waals surface area contributed by atoms with E-state index in [9.17, 15) is 4.79 Å². The van der Waals surface area contributed by atoms with Crippen LogP contribution in [0, 0.1) is 0 Å². The minimum Gasteiger partial charge on any atom is -0.479 e. The number of carbonyl (C=O) groups excluding carboxylic acids is 1. The summed E-state index contributed by atoms with van der Waals surface area (Å²) in [6.45, 7) is 5.96. The summed E-state index contributed by atoms with van der Waals surface area (Å²) in [5, 5.41) is 3.33. The Morgan fingerprint density at radius 2 is 1.68 bits per heavy atom. The van der Waals surface area contributed by atoms with Crippen molar-refractivity contribution in [2.45, 2.75) is 32.8 Å². The zero-order valence-corrected chi connectivity index (χ0v) is 13.7. The summed E-state index contributed by atoms with van der Waals surface area (Å²) in [6.07, 6.45) is -0.635. The van der Waals surface area contributed by atoms with E-state index in [-0.39, 0.29) is 5.91 Å². The number of benzene rings is 2. The molecule has 1 unspecified atom stereocenters. The van der Waals surface area contributed by atoms with Crippen molar-refractivity contribution in [1.29, 1.82) is 0 Å². The van der Waals surface area contributed by atoms with Gasteiger partial charge >= 0.3 is 0 Å². The molecule has 0 spiro atoms. The van der Waals surface area contributed by atoms with Gasteiger partial charge in [0.25, 0.3) is 5.91 Å². The molecule has 2 rings (SSSR count). The van der Waals surface area contributed by atoms with Crippen molar-refractivity contribution in [3.63, 3.8) is 0 Å². The maximum atomic E-state index is 12.2. The van der Waals surface area contributed by atoms with Crippen LogP contribution in [0.2, 0.25) is 5.02 Å². The molecule has 0 aliphatic heterocycles. The van der Waals surface area contributed by atoms with Crippen molar-refractivity contribution in [3.05, 3.63) is 59.1 Å². The molecule has 116 valence electrons. The number of nitrogens with one attached hydrogen (secondary N) is 1. The molecule has 0 saturated carbocycles. The van der Waals surface area contributed by atoms with E-state index >= 15 is 0 Å². The Balaban J connectivity index is 1.98. The van der Waals surface area contributed by atoms with Gasteiger partial charge in [0.1, 0.15) is 5.75 Å². The average Bonchev–Trinajstić information content (AvgIpc) is 2.50. The first-order valence-corrected chi connectivity index (χ1v) is 7.67. The third-order valence-electron chi connectivity index (χ3n) is 3.35. The second-order valence-corrected chi connectivity index (χ2v) is 5.86. The third-order valence-corrected chi connectivity index (χ3v) is 3.67. The summed E-state index contributed by atoms with van der Waals surface area (Å²) in [6, 6.07) is 14.9. The number of hydrogen-bond donors (Lipinski definition) is 1. The Bertz CT molecular complexity index is 638. The van der Waals surface area contributed by atoms with Gasteiger partial charge in [0.05, 0.1) is 5.02 Å². The largest absolute Gasteiger partial charge is 0.479 e. The van der Waals surface area contributed by atoms with Gasteiger partial charge in [-0.25, -0.2) is 0 Å². The van der Waals surface area contributed by atoms with Crippen molar-refractivity contribution < 1.29 is 9.53 Å². The molecule has 1 amide bonds. The number of anilines is 1. The van der Waals surface area contributed by atoms with Crippen LogP contribution in [0.1, 0.15) is 32.3 Å². The summed E-state index contributed by atoms with van der Waals surface area (Å²) < 4.78 is 5.60. The van der Waals surface area contributed by atoms with Gasteiger partial charge in [0.15, 0.2) is 6.10 Å². The molecule has 0 fully saturated rings. The second kappa shape index (κ2) is 7.32. The summed E-state index contributed by atoms with van der Waals surface area (Å²) in [7, 11) is 0. The Morgan fingerprint density at radius 1 is 1.05 bits per heavy atom. The predicted molar refractivity (Wildman–Crippen MR) is 90.7 cm³/mol. The van der Waals surface area contributed by atoms with E-state index in [0.29, 0.717) is 16.7 Å². The van der Waals surface area contributed by atoms with Crippen LogP contribution in [-0.2, 0) is 4.79 Å². The highest BCUT2D eigenvalue weighted by Gasteiger charge is 2.16. The van der Waals surface area contributed by atoms with E-state index in [0.717, 1.165) is 5.69 Å². The number of ether oxygens (including phenoxy) is 1. The molecule has 0 radical (unpaired) electrons. The Morgan fingerprint density at radius 3 is 2.27 bits per heavy atom. The van der Waals surface area contributed by atoms with Crippen molar-refractivity contribution in [2.24, 2.45) is 0 Å². The molecule has 1 N–H and O–H groups in total. The van der Waals surface area contributed by atoms with Crippen LogP contribution in [0.4, 0.5) is 5.69 Å². The van der Waals surface area contributed by atoms with Crippen LogP contribution < -0.4 is 10.1 Å². The quantitative estimate of drug-likeness (QED) is 0.854. The van der Waals surface area contributed by atoms with Gasteiger partial charge in [-0.05, 0) is 42.7 Å². The Labute approximate surface area is 136 Å². The second-order valence-electron chi connectivity index (χ2n) is 5.46. The van der Waals surface area contributed by atoms with Crippen molar-refractivity contribution in [1.82, 2.24) is 0 Å². The van der Waals surface area contributed by atoms with Crippen LogP contribution in [0.5, 0.6) is 5.75 Å². The maximum Gasteiger partial charge on any atom is 0.265 e. The lowest BCUT2D eigenvalue weighted by atomic mass is 10.0. The SMILES string of the molecule is CC(Oc1ccccc1Cl)C(=O)Nc1ccc(C(C)C)cc1. The number of para-hydroxylation sites is 1. The minimum atomic E-state index is -0.635. The van der Waals surface area contributed by atoms with Gasteiger partial charge in [-0.1, -0.05) is 49.7 Å². The third kappa shape index (κ3) is 4.25. The Hall–Kier alpha value is -2.00. The van der Waals surface area contributed by atoms with Crippen molar-refractivity contribution in [2.75, 3.05) is 5.32 Å². The average molecular weight is 318 g/mol. The van der Waals surface area contributed by atoms with E-state index in [1.165, 1.54) is 5.56 Å². The molecular formula is C18H20ClNO2. The molecule has 0 aliphatic rings. The van der Waals surface area contributed by atoms with Crippen LogP contribution >= 0.6 is 11.6 Å². The first kappa shape index (κ1) is 16.4. The molecule has 0 aliphatic carbocycles. The minimum absolute atomic E-state index is 0.211. The fourth-order valence-electron chi connectivity index (χ4n) is 1.98. The first-order valence-electron chi connectivity index (χ1n) is 7.29. The molecule has 3 nitrogen and oxygen atoms in total. The van der Waals surface area contributed by atoms with Gasteiger partial charge in [-0.2, -0.15) is 0 Å². The van der Waals surface area contributed by atoms with E-state index < -0.39 is 6.10 Å². The molecule has 0 aromatic heterocycles. The number of hydrogen-bond acceptors (Lipinski definition) is 2. The zero-order chi connectivity index (χ0) is 16.1. The topological polar surface area (TPSA) is 38.3 Å². The highest BCUT2D eigenvalue weighted by molar-refractivity contribution is 6.32. The number of carbonyl (C=O) groups is 1. The first-order chi connectivity index (χ1) is 10.5. The zero-order valence-electron chi connectivity index (χ0n) is 13.0. The molecule has 0 heterocycles. The van der Waals surface area contributed by atoms with Crippen molar-refractivity contribution >= 4 is 23.2 Å². The molecule has 22 heavy (non-hydrogen) atoms. The summed E-state index contributed by atoms with van der Waals surface area (Å²) in [4.78, 5) is 12.2. The molecule has 2 aromatic rings. The highest BCUT2D eigenvalue weighted by atomic mass is 35.5. The predicted octanol–water partition coefficient (Wildman–Crippen LogP) is 4.87. The van der Waals surface area contributed by atoms with Gasteiger partial charge in [0.2, 0.25) is 0 Å². The lowest BCUT2D eigenvalue weighted by Crippen LogP contribution is -2.30. The van der Waals surface area contributed by atoms with Gasteiger partial charge in [-0.3, -0.25) is 4.79 Å². The Kier molecular flexibility index (Phi) is 5.45.